The molecule has 3 rings (SSSR count). The van der Waals surface area contributed by atoms with Crippen LogP contribution in [0.1, 0.15) is 28.8 Å². The number of anilines is 1. The Morgan fingerprint density at radius 2 is 1.77 bits per heavy atom. The first-order valence-electron chi connectivity index (χ1n) is 9.60. The molecule has 8 heteroatoms. The Hall–Kier alpha value is -3.68. The van der Waals surface area contributed by atoms with Crippen molar-refractivity contribution in [1.29, 1.82) is 0 Å². The van der Waals surface area contributed by atoms with E-state index in [-0.39, 0.29) is 25.2 Å². The highest BCUT2D eigenvalue weighted by Crippen LogP contribution is 2.19. The van der Waals surface area contributed by atoms with Crippen LogP contribution in [-0.2, 0) is 25.5 Å². The van der Waals surface area contributed by atoms with Crippen LogP contribution in [0.15, 0.2) is 54.6 Å². The molecule has 0 aromatic heterocycles. The van der Waals surface area contributed by atoms with Gasteiger partial charge in [0.15, 0.2) is 0 Å². The van der Waals surface area contributed by atoms with Gasteiger partial charge < -0.3 is 20.7 Å². The zero-order valence-electron chi connectivity index (χ0n) is 16.5. The molecule has 1 aliphatic heterocycles. The molecule has 2 aromatic rings. The summed E-state index contributed by atoms with van der Waals surface area (Å²) in [5, 5.41) is 8.00. The molecule has 0 unspecified atom stereocenters. The number of ether oxygens (including phenoxy) is 1. The van der Waals surface area contributed by atoms with Crippen LogP contribution < -0.4 is 16.0 Å². The SMILES string of the molecule is COC(=O)[C@@H](Cc1ccccc1)NC(=O)CC[C@@H]1NC(=O)c2ccccc2NC1=O. The smallest absolute Gasteiger partial charge is 0.328 e. The molecule has 0 aliphatic carbocycles. The molecule has 30 heavy (non-hydrogen) atoms. The summed E-state index contributed by atoms with van der Waals surface area (Å²) < 4.78 is 4.79. The molecule has 156 valence electrons. The lowest BCUT2D eigenvalue weighted by atomic mass is 10.1. The lowest BCUT2D eigenvalue weighted by molar-refractivity contribution is -0.145. The number of carbonyl (C=O) groups excluding carboxylic acids is 4. The number of hydrogen-bond donors (Lipinski definition) is 3. The zero-order chi connectivity index (χ0) is 21.5. The van der Waals surface area contributed by atoms with Crippen molar-refractivity contribution >= 4 is 29.4 Å². The second kappa shape index (κ2) is 9.69. The van der Waals surface area contributed by atoms with Crippen molar-refractivity contribution in [1.82, 2.24) is 10.6 Å². The van der Waals surface area contributed by atoms with E-state index in [4.69, 9.17) is 4.74 Å². The molecule has 3 N–H and O–H groups in total. The highest BCUT2D eigenvalue weighted by molar-refractivity contribution is 6.09. The van der Waals surface area contributed by atoms with E-state index >= 15 is 0 Å². The fourth-order valence-corrected chi connectivity index (χ4v) is 3.24. The molecule has 8 nitrogen and oxygen atoms in total. The Bertz CT molecular complexity index is 945. The molecule has 0 bridgehead atoms. The Balaban J connectivity index is 1.59. The van der Waals surface area contributed by atoms with Gasteiger partial charge in [-0.05, 0) is 24.1 Å². The predicted molar refractivity (Wildman–Crippen MR) is 110 cm³/mol. The summed E-state index contributed by atoms with van der Waals surface area (Å²) in [6.45, 7) is 0. The van der Waals surface area contributed by atoms with Gasteiger partial charge in [0, 0.05) is 12.8 Å². The van der Waals surface area contributed by atoms with Gasteiger partial charge >= 0.3 is 5.97 Å². The molecule has 0 saturated carbocycles. The zero-order valence-corrected chi connectivity index (χ0v) is 16.5. The van der Waals surface area contributed by atoms with Gasteiger partial charge in [-0.15, -0.1) is 0 Å². The van der Waals surface area contributed by atoms with Crippen molar-refractivity contribution in [2.45, 2.75) is 31.3 Å². The van der Waals surface area contributed by atoms with Crippen molar-refractivity contribution in [2.75, 3.05) is 12.4 Å². The van der Waals surface area contributed by atoms with Gasteiger partial charge in [0.2, 0.25) is 11.8 Å². The van der Waals surface area contributed by atoms with Crippen molar-refractivity contribution < 1.29 is 23.9 Å². The maximum atomic E-state index is 12.4. The number of amides is 3. The largest absolute Gasteiger partial charge is 0.467 e. The quantitative estimate of drug-likeness (QED) is 0.599. The maximum Gasteiger partial charge on any atom is 0.328 e. The molecule has 1 aliphatic rings. The first kappa shape index (κ1) is 21.0. The first-order chi connectivity index (χ1) is 14.5. The second-order valence-corrected chi connectivity index (χ2v) is 6.93. The molecule has 2 aromatic carbocycles. The van der Waals surface area contributed by atoms with E-state index < -0.39 is 29.9 Å². The third-order valence-corrected chi connectivity index (χ3v) is 4.82. The van der Waals surface area contributed by atoms with Crippen LogP contribution in [-0.4, -0.2) is 42.9 Å². The maximum absolute atomic E-state index is 12.4. The molecule has 0 fully saturated rings. The number of esters is 1. The minimum atomic E-state index is -0.860. The van der Waals surface area contributed by atoms with Gasteiger partial charge in [-0.3, -0.25) is 14.4 Å². The topological polar surface area (TPSA) is 114 Å². The highest BCUT2D eigenvalue weighted by atomic mass is 16.5. The van der Waals surface area contributed by atoms with Gasteiger partial charge in [-0.25, -0.2) is 4.79 Å². The van der Waals surface area contributed by atoms with Gasteiger partial charge in [0.1, 0.15) is 12.1 Å². The lowest BCUT2D eigenvalue weighted by Crippen LogP contribution is -2.45. The standard InChI is InChI=1S/C22H23N3O5/c1-30-22(29)18(13-14-7-3-2-4-8-14)23-19(26)12-11-17-21(28)24-16-10-6-5-9-15(16)20(27)25-17/h2-10,17-18H,11-13H2,1H3,(H,23,26)(H,24,28)(H,25,27)/t17-,18+/m0/s1. The molecule has 0 saturated heterocycles. The Morgan fingerprint density at radius 1 is 1.07 bits per heavy atom. The number of hydrogen-bond acceptors (Lipinski definition) is 5. The number of benzene rings is 2. The van der Waals surface area contributed by atoms with Gasteiger partial charge in [-0.1, -0.05) is 42.5 Å². The summed E-state index contributed by atoms with van der Waals surface area (Å²) in [5.74, 6) is -1.74. The molecule has 1 heterocycles. The molecular weight excluding hydrogens is 386 g/mol. The average Bonchev–Trinajstić information content (AvgIpc) is 2.87. The predicted octanol–water partition coefficient (Wildman–Crippen LogP) is 1.42. The Morgan fingerprint density at radius 3 is 2.50 bits per heavy atom. The van der Waals surface area contributed by atoms with Crippen molar-refractivity contribution in [3.05, 3.63) is 65.7 Å². The summed E-state index contributed by atoms with van der Waals surface area (Å²) >= 11 is 0. The van der Waals surface area contributed by atoms with Crippen LogP contribution in [0.5, 0.6) is 0 Å². The van der Waals surface area contributed by atoms with Crippen LogP contribution in [0.3, 0.4) is 0 Å². The number of carbonyl (C=O) groups is 4. The van der Waals surface area contributed by atoms with Crippen LogP contribution in [0.4, 0.5) is 5.69 Å². The van der Waals surface area contributed by atoms with Crippen LogP contribution in [0.25, 0.3) is 0 Å². The summed E-state index contributed by atoms with van der Waals surface area (Å²) in [6.07, 6.45) is 0.336. The van der Waals surface area contributed by atoms with Crippen LogP contribution in [0.2, 0.25) is 0 Å². The van der Waals surface area contributed by atoms with E-state index in [0.717, 1.165) is 5.56 Å². The first-order valence-corrected chi connectivity index (χ1v) is 9.60. The number of para-hydroxylation sites is 1. The average molecular weight is 409 g/mol. The van der Waals surface area contributed by atoms with Crippen molar-refractivity contribution in [3.63, 3.8) is 0 Å². The third-order valence-electron chi connectivity index (χ3n) is 4.82. The van der Waals surface area contributed by atoms with Gasteiger partial charge in [-0.2, -0.15) is 0 Å². The minimum Gasteiger partial charge on any atom is -0.467 e. The molecular formula is C22H23N3O5. The second-order valence-electron chi connectivity index (χ2n) is 6.93. The van der Waals surface area contributed by atoms with E-state index in [1.54, 1.807) is 24.3 Å². The summed E-state index contributed by atoms with van der Waals surface area (Å²) in [7, 11) is 1.26. The van der Waals surface area contributed by atoms with E-state index in [1.165, 1.54) is 7.11 Å². The van der Waals surface area contributed by atoms with E-state index in [9.17, 15) is 19.2 Å². The molecule has 0 spiro atoms. The van der Waals surface area contributed by atoms with Crippen molar-refractivity contribution in [3.8, 4) is 0 Å². The van der Waals surface area contributed by atoms with Gasteiger partial charge in [0.25, 0.3) is 5.91 Å². The summed E-state index contributed by atoms with van der Waals surface area (Å²) in [6, 6.07) is 14.2. The monoisotopic (exact) mass is 409 g/mol. The summed E-state index contributed by atoms with van der Waals surface area (Å²) in [5.41, 5.74) is 1.67. The fraction of sp³-hybridized carbons (Fsp3) is 0.273. The van der Waals surface area contributed by atoms with E-state index in [1.807, 2.05) is 30.3 Å². The number of rotatable bonds is 7. The van der Waals surface area contributed by atoms with Crippen LogP contribution in [0, 0.1) is 0 Å². The van der Waals surface area contributed by atoms with Crippen molar-refractivity contribution in [2.24, 2.45) is 0 Å². The minimum absolute atomic E-state index is 0.0446. The summed E-state index contributed by atoms with van der Waals surface area (Å²) in [4.78, 5) is 49.3. The van der Waals surface area contributed by atoms with Crippen LogP contribution >= 0.6 is 0 Å². The van der Waals surface area contributed by atoms with E-state index in [2.05, 4.69) is 16.0 Å². The lowest BCUT2D eigenvalue weighted by Gasteiger charge is -2.18. The molecule has 2 atom stereocenters. The normalized spacial score (nSPS) is 16.4. The number of methoxy groups -OCH3 is 1. The Kier molecular flexibility index (Phi) is 6.79. The van der Waals surface area contributed by atoms with Gasteiger partial charge in [0.05, 0.1) is 18.4 Å². The number of fused-ring (bicyclic) bond motifs is 1. The molecule has 0 radical (unpaired) electrons. The highest BCUT2D eigenvalue weighted by Gasteiger charge is 2.29. The molecule has 3 amide bonds. The fourth-order valence-electron chi connectivity index (χ4n) is 3.24. The third kappa shape index (κ3) is 5.22. The Labute approximate surface area is 174 Å². The van der Waals surface area contributed by atoms with E-state index in [0.29, 0.717) is 11.3 Å². The number of nitrogens with one attached hydrogen (secondary N) is 3.